The summed E-state index contributed by atoms with van der Waals surface area (Å²) < 4.78 is 5.43. The van der Waals surface area contributed by atoms with Crippen molar-refractivity contribution in [3.63, 3.8) is 0 Å². The first-order chi connectivity index (χ1) is 9.60. The van der Waals surface area contributed by atoms with Crippen molar-refractivity contribution in [2.45, 2.75) is 45.9 Å². The van der Waals surface area contributed by atoms with E-state index in [9.17, 15) is 4.79 Å². The highest BCUT2D eigenvalue weighted by atomic mass is 16.7. The fourth-order valence-corrected chi connectivity index (χ4v) is 3.23. The number of carbonyl (C=O) groups is 1. The van der Waals surface area contributed by atoms with E-state index >= 15 is 0 Å². The molecule has 0 spiro atoms. The van der Waals surface area contributed by atoms with Crippen molar-refractivity contribution in [3.8, 4) is 0 Å². The van der Waals surface area contributed by atoms with E-state index in [1.807, 2.05) is 46.6 Å². The lowest BCUT2D eigenvalue weighted by Crippen LogP contribution is -2.43. The van der Waals surface area contributed by atoms with E-state index in [2.05, 4.69) is 10.1 Å². The highest BCUT2D eigenvalue weighted by molar-refractivity contribution is 5.89. The maximum absolute atomic E-state index is 12.1. The topological polar surface area (TPSA) is 54.4 Å². The fourth-order valence-electron chi connectivity index (χ4n) is 3.23. The monoisotopic (exact) mass is 295 g/mol. The van der Waals surface area contributed by atoms with Crippen molar-refractivity contribution in [1.29, 1.82) is 0 Å². The lowest BCUT2D eigenvalue weighted by Gasteiger charge is -2.29. The van der Waals surface area contributed by atoms with Crippen LogP contribution in [-0.4, -0.2) is 53.2 Å². The van der Waals surface area contributed by atoms with Gasteiger partial charge in [0.15, 0.2) is 5.84 Å². The lowest BCUT2D eigenvalue weighted by atomic mass is 10.2. The molecule has 118 valence electrons. The van der Waals surface area contributed by atoms with Gasteiger partial charge < -0.3 is 19.4 Å². The van der Waals surface area contributed by atoms with E-state index < -0.39 is 5.60 Å². The molecule has 0 bridgehead atoms. The molecule has 1 aliphatic carbocycles. The van der Waals surface area contributed by atoms with Gasteiger partial charge in [-0.05, 0) is 46.5 Å². The summed E-state index contributed by atoms with van der Waals surface area (Å²) in [7, 11) is 2.02. The number of amides is 1. The zero-order chi connectivity index (χ0) is 15.6. The summed E-state index contributed by atoms with van der Waals surface area (Å²) in [6.07, 6.45) is -0.202. The minimum atomic E-state index is -0.434. The molecule has 2 heterocycles. The average Bonchev–Trinajstić information content (AvgIpc) is 2.71. The van der Waals surface area contributed by atoms with Crippen molar-refractivity contribution < 1.29 is 14.4 Å². The van der Waals surface area contributed by atoms with E-state index in [0.29, 0.717) is 17.8 Å². The molecule has 0 aromatic carbocycles. The van der Waals surface area contributed by atoms with Crippen LogP contribution in [0.15, 0.2) is 5.16 Å². The second-order valence-corrected chi connectivity index (χ2v) is 7.79. The second-order valence-electron chi connectivity index (χ2n) is 7.79. The molecule has 0 aromatic rings. The number of fused-ring (bicyclic) bond motifs is 1. The van der Waals surface area contributed by atoms with Gasteiger partial charge in [-0.25, -0.2) is 4.79 Å². The maximum Gasteiger partial charge on any atom is 0.410 e. The van der Waals surface area contributed by atoms with Crippen molar-refractivity contribution in [2.75, 3.05) is 20.1 Å². The Labute approximate surface area is 126 Å². The fraction of sp³-hybridized carbons (Fsp3) is 0.867. The molecule has 2 aliphatic heterocycles. The zero-order valence-corrected chi connectivity index (χ0v) is 13.7. The van der Waals surface area contributed by atoms with Crippen LogP contribution in [0.1, 0.15) is 34.6 Å². The molecular formula is C15H25N3O3. The van der Waals surface area contributed by atoms with Crippen LogP contribution in [0, 0.1) is 17.8 Å². The first kappa shape index (κ1) is 14.5. The van der Waals surface area contributed by atoms with Gasteiger partial charge in [-0.3, -0.25) is 0 Å². The third-order valence-electron chi connectivity index (χ3n) is 4.66. The highest BCUT2D eigenvalue weighted by Gasteiger charge is 2.62. The smallest absolute Gasteiger partial charge is 0.410 e. The van der Waals surface area contributed by atoms with Crippen LogP contribution < -0.4 is 0 Å². The van der Waals surface area contributed by atoms with Crippen LogP contribution in [0.5, 0.6) is 0 Å². The lowest BCUT2D eigenvalue weighted by molar-refractivity contribution is -0.0596. The van der Waals surface area contributed by atoms with Crippen LogP contribution in [-0.2, 0) is 9.57 Å². The first-order valence-electron chi connectivity index (χ1n) is 7.58. The van der Waals surface area contributed by atoms with E-state index in [0.717, 1.165) is 18.9 Å². The van der Waals surface area contributed by atoms with Gasteiger partial charge in [-0.15, -0.1) is 0 Å². The van der Waals surface area contributed by atoms with Crippen LogP contribution >= 0.6 is 0 Å². The van der Waals surface area contributed by atoms with Gasteiger partial charge in [0, 0.05) is 26.1 Å². The van der Waals surface area contributed by atoms with E-state index in [4.69, 9.17) is 9.57 Å². The third-order valence-corrected chi connectivity index (χ3v) is 4.66. The number of piperidine rings is 1. The molecule has 3 aliphatic rings. The summed E-state index contributed by atoms with van der Waals surface area (Å²) in [5, 5.41) is 4.25. The average molecular weight is 295 g/mol. The molecule has 21 heavy (non-hydrogen) atoms. The first-order valence-corrected chi connectivity index (χ1v) is 7.58. The minimum absolute atomic E-state index is 0.202. The molecule has 1 amide bonds. The number of rotatable bonds is 1. The van der Waals surface area contributed by atoms with Gasteiger partial charge in [-0.2, -0.15) is 0 Å². The van der Waals surface area contributed by atoms with E-state index in [1.54, 1.807) is 0 Å². The number of hydrogen-bond donors (Lipinski definition) is 0. The largest absolute Gasteiger partial charge is 0.444 e. The molecule has 6 heteroatoms. The molecule has 6 nitrogen and oxygen atoms in total. The summed E-state index contributed by atoms with van der Waals surface area (Å²) in [6, 6.07) is 0. The Balaban J connectivity index is 1.57. The molecule has 3 rings (SSSR count). The Kier molecular flexibility index (Phi) is 2.94. The quantitative estimate of drug-likeness (QED) is 0.743. The Bertz CT molecular complexity index is 483. The van der Waals surface area contributed by atoms with Crippen molar-refractivity contribution in [2.24, 2.45) is 22.9 Å². The Morgan fingerprint density at radius 2 is 1.90 bits per heavy atom. The Morgan fingerprint density at radius 3 is 2.33 bits per heavy atom. The van der Waals surface area contributed by atoms with Gasteiger partial charge in [-0.1, -0.05) is 5.16 Å². The third kappa shape index (κ3) is 2.45. The van der Waals surface area contributed by atoms with Gasteiger partial charge in [0.1, 0.15) is 5.60 Å². The number of carbonyl (C=O) groups excluding carboxylic acids is 1. The summed E-state index contributed by atoms with van der Waals surface area (Å²) in [5.74, 6) is 2.45. The van der Waals surface area contributed by atoms with Crippen LogP contribution in [0.4, 0.5) is 4.79 Å². The SMILES string of the molecule is CN1C(C2[C@H]3CN(C(=O)OC(C)(C)C)C[C@@H]23)=NOC1(C)C. The molecule has 0 aromatic heterocycles. The molecule has 0 radical (unpaired) electrons. The second kappa shape index (κ2) is 4.27. The molecule has 3 atom stereocenters. The summed E-state index contributed by atoms with van der Waals surface area (Å²) >= 11 is 0. The number of likely N-dealkylation sites (tertiary alicyclic amines) is 1. The normalized spacial score (nSPS) is 33.4. The Morgan fingerprint density at radius 1 is 1.33 bits per heavy atom. The maximum atomic E-state index is 12.1. The van der Waals surface area contributed by atoms with Gasteiger partial charge in [0.05, 0.1) is 0 Å². The summed E-state index contributed by atoms with van der Waals surface area (Å²) in [6.45, 7) is 11.2. The summed E-state index contributed by atoms with van der Waals surface area (Å²) in [4.78, 5) is 21.5. The molecule has 2 fully saturated rings. The standard InChI is InChI=1S/C15H25N3O3/c1-14(2,3)20-13(19)18-7-9-10(8-18)11(9)12-16-21-15(4,5)17(12)6/h9-11H,7-8H2,1-6H3/t9-,10+,11?. The number of hydrogen-bond acceptors (Lipinski definition) is 5. The van der Waals surface area contributed by atoms with Gasteiger partial charge >= 0.3 is 6.09 Å². The summed E-state index contributed by atoms with van der Waals surface area (Å²) in [5.41, 5.74) is -0.798. The number of ether oxygens (including phenoxy) is 1. The number of oxime groups is 1. The van der Waals surface area contributed by atoms with Crippen LogP contribution in [0.2, 0.25) is 0 Å². The molecule has 0 N–H and O–H groups in total. The predicted octanol–water partition coefficient (Wildman–Crippen LogP) is 2.11. The highest BCUT2D eigenvalue weighted by Crippen LogP contribution is 2.54. The predicted molar refractivity (Wildman–Crippen MR) is 78.6 cm³/mol. The van der Waals surface area contributed by atoms with Crippen LogP contribution in [0.3, 0.4) is 0 Å². The zero-order valence-electron chi connectivity index (χ0n) is 13.7. The van der Waals surface area contributed by atoms with Crippen LogP contribution in [0.25, 0.3) is 0 Å². The molecule has 1 saturated carbocycles. The number of amidine groups is 1. The Hall–Kier alpha value is -1.46. The van der Waals surface area contributed by atoms with Crippen molar-refractivity contribution in [1.82, 2.24) is 9.80 Å². The molecular weight excluding hydrogens is 270 g/mol. The van der Waals surface area contributed by atoms with Gasteiger partial charge in [0.25, 0.3) is 0 Å². The molecule has 1 saturated heterocycles. The molecule has 1 unspecified atom stereocenters. The van der Waals surface area contributed by atoms with E-state index in [-0.39, 0.29) is 11.8 Å². The van der Waals surface area contributed by atoms with Crippen molar-refractivity contribution >= 4 is 11.9 Å². The van der Waals surface area contributed by atoms with Gasteiger partial charge in [0.2, 0.25) is 5.72 Å². The minimum Gasteiger partial charge on any atom is -0.444 e. The van der Waals surface area contributed by atoms with Crippen molar-refractivity contribution in [3.05, 3.63) is 0 Å². The van der Waals surface area contributed by atoms with E-state index in [1.165, 1.54) is 0 Å². The number of nitrogens with zero attached hydrogens (tertiary/aromatic N) is 3.